The number of benzene rings is 3. The van der Waals surface area contributed by atoms with E-state index < -0.39 is 11.8 Å². The van der Waals surface area contributed by atoms with E-state index in [2.05, 4.69) is 10.9 Å². The minimum Gasteiger partial charge on any atom is -0.493 e. The van der Waals surface area contributed by atoms with Gasteiger partial charge in [0.15, 0.2) is 18.1 Å². The van der Waals surface area contributed by atoms with Crippen LogP contribution in [0.4, 0.5) is 0 Å². The third kappa shape index (κ3) is 6.37. The normalized spacial score (nSPS) is 10.4. The standard InChI is InChI=1S/C25H24N2O5/c1-30-22-14-8-18(16-23(22)31-2)9-15-24(28)26-27-25(29)17-32-21-12-10-20(11-13-21)19-6-4-3-5-7-19/h3-16H,17H2,1-2H3,(H,26,28)(H,27,29)/b15-9+. The Hall–Kier alpha value is -4.26. The van der Waals surface area contributed by atoms with Crippen molar-refractivity contribution in [3.63, 3.8) is 0 Å². The number of nitrogens with one attached hydrogen (secondary N) is 2. The minimum absolute atomic E-state index is 0.232. The molecule has 2 N–H and O–H groups in total. The summed E-state index contributed by atoms with van der Waals surface area (Å²) in [6.45, 7) is -0.232. The molecule has 0 saturated heterocycles. The van der Waals surface area contributed by atoms with Crippen LogP contribution < -0.4 is 25.1 Å². The van der Waals surface area contributed by atoms with Crippen molar-refractivity contribution >= 4 is 17.9 Å². The van der Waals surface area contributed by atoms with Crippen LogP contribution in [0.3, 0.4) is 0 Å². The fourth-order valence-electron chi connectivity index (χ4n) is 2.86. The molecule has 7 heteroatoms. The van der Waals surface area contributed by atoms with Crippen LogP contribution in [0.5, 0.6) is 17.2 Å². The zero-order chi connectivity index (χ0) is 22.8. The topological polar surface area (TPSA) is 85.9 Å². The largest absolute Gasteiger partial charge is 0.493 e. The molecule has 0 radical (unpaired) electrons. The maximum Gasteiger partial charge on any atom is 0.276 e. The molecule has 164 valence electrons. The van der Waals surface area contributed by atoms with Crippen molar-refractivity contribution in [3.05, 3.63) is 84.4 Å². The van der Waals surface area contributed by atoms with Gasteiger partial charge in [-0.15, -0.1) is 0 Å². The second-order valence-electron chi connectivity index (χ2n) is 6.66. The van der Waals surface area contributed by atoms with Crippen molar-refractivity contribution < 1.29 is 23.8 Å². The van der Waals surface area contributed by atoms with Gasteiger partial charge in [0.1, 0.15) is 5.75 Å². The first kappa shape index (κ1) is 22.4. The van der Waals surface area contributed by atoms with Crippen LogP contribution in [0.2, 0.25) is 0 Å². The summed E-state index contributed by atoms with van der Waals surface area (Å²) in [7, 11) is 3.08. The zero-order valence-corrected chi connectivity index (χ0v) is 17.8. The lowest BCUT2D eigenvalue weighted by Crippen LogP contribution is -2.43. The van der Waals surface area contributed by atoms with Crippen molar-refractivity contribution in [1.29, 1.82) is 0 Å². The molecule has 32 heavy (non-hydrogen) atoms. The van der Waals surface area contributed by atoms with Gasteiger partial charge in [0.05, 0.1) is 14.2 Å². The Kier molecular flexibility index (Phi) is 7.86. The van der Waals surface area contributed by atoms with Crippen LogP contribution in [-0.4, -0.2) is 32.6 Å². The van der Waals surface area contributed by atoms with Gasteiger partial charge in [-0.2, -0.15) is 0 Å². The highest BCUT2D eigenvalue weighted by Crippen LogP contribution is 2.28. The van der Waals surface area contributed by atoms with Gasteiger partial charge < -0.3 is 14.2 Å². The predicted molar refractivity (Wildman–Crippen MR) is 122 cm³/mol. The molecule has 3 aromatic rings. The molecular weight excluding hydrogens is 408 g/mol. The summed E-state index contributed by atoms with van der Waals surface area (Å²) < 4.78 is 15.9. The van der Waals surface area contributed by atoms with E-state index >= 15 is 0 Å². The molecule has 0 unspecified atom stereocenters. The molecule has 0 aliphatic heterocycles. The molecule has 0 spiro atoms. The number of carbonyl (C=O) groups excluding carboxylic acids is 2. The van der Waals surface area contributed by atoms with E-state index in [0.29, 0.717) is 17.2 Å². The van der Waals surface area contributed by atoms with E-state index in [1.165, 1.54) is 13.2 Å². The molecular formula is C25H24N2O5. The van der Waals surface area contributed by atoms with Crippen molar-refractivity contribution in [2.45, 2.75) is 0 Å². The molecule has 0 heterocycles. The Labute approximate surface area is 186 Å². The van der Waals surface area contributed by atoms with Crippen LogP contribution in [0.25, 0.3) is 17.2 Å². The minimum atomic E-state index is -0.486. The molecule has 3 aromatic carbocycles. The number of amides is 2. The Morgan fingerprint density at radius 2 is 1.50 bits per heavy atom. The lowest BCUT2D eigenvalue weighted by Gasteiger charge is -2.09. The highest BCUT2D eigenvalue weighted by Gasteiger charge is 2.06. The van der Waals surface area contributed by atoms with Crippen molar-refractivity contribution in [2.24, 2.45) is 0 Å². The smallest absolute Gasteiger partial charge is 0.276 e. The van der Waals surface area contributed by atoms with Crippen LogP contribution in [0.15, 0.2) is 78.9 Å². The zero-order valence-electron chi connectivity index (χ0n) is 17.8. The van der Waals surface area contributed by atoms with Gasteiger partial charge in [0, 0.05) is 6.08 Å². The number of carbonyl (C=O) groups is 2. The number of hydrazine groups is 1. The average Bonchev–Trinajstić information content (AvgIpc) is 2.85. The van der Waals surface area contributed by atoms with Gasteiger partial charge in [-0.3, -0.25) is 20.4 Å². The van der Waals surface area contributed by atoms with Crippen LogP contribution in [0.1, 0.15) is 5.56 Å². The summed E-state index contributed by atoms with van der Waals surface area (Å²) in [5.74, 6) is 0.734. The summed E-state index contributed by atoms with van der Waals surface area (Å²) in [6, 6.07) is 22.6. The van der Waals surface area contributed by atoms with Gasteiger partial charge >= 0.3 is 0 Å². The van der Waals surface area contributed by atoms with E-state index in [1.807, 2.05) is 42.5 Å². The molecule has 0 fully saturated rings. The van der Waals surface area contributed by atoms with Crippen LogP contribution >= 0.6 is 0 Å². The van der Waals surface area contributed by atoms with E-state index in [9.17, 15) is 9.59 Å². The summed E-state index contributed by atoms with van der Waals surface area (Å²) in [4.78, 5) is 23.9. The SMILES string of the molecule is COc1ccc(/C=C/C(=O)NNC(=O)COc2ccc(-c3ccccc3)cc2)cc1OC. The maximum atomic E-state index is 11.9. The molecule has 0 aromatic heterocycles. The fourth-order valence-corrected chi connectivity index (χ4v) is 2.86. The Bertz CT molecular complexity index is 1080. The Balaban J connectivity index is 1.43. The van der Waals surface area contributed by atoms with Gasteiger partial charge in [-0.05, 0) is 47.0 Å². The number of hydrogen-bond donors (Lipinski definition) is 2. The number of ether oxygens (including phenoxy) is 3. The first-order valence-electron chi connectivity index (χ1n) is 9.86. The molecule has 0 bridgehead atoms. The quantitative estimate of drug-likeness (QED) is 0.420. The van der Waals surface area contributed by atoms with Crippen LogP contribution in [0, 0.1) is 0 Å². The average molecular weight is 432 g/mol. The maximum absolute atomic E-state index is 11.9. The Morgan fingerprint density at radius 1 is 0.812 bits per heavy atom. The molecule has 0 aliphatic carbocycles. The molecule has 2 amide bonds. The summed E-state index contributed by atoms with van der Waals surface area (Å²) in [6.07, 6.45) is 2.89. The van der Waals surface area contributed by atoms with Crippen molar-refractivity contribution in [2.75, 3.05) is 20.8 Å². The third-order valence-electron chi connectivity index (χ3n) is 4.49. The molecule has 7 nitrogen and oxygen atoms in total. The second-order valence-corrected chi connectivity index (χ2v) is 6.66. The molecule has 3 rings (SSSR count). The number of hydrogen-bond acceptors (Lipinski definition) is 5. The van der Waals surface area contributed by atoms with Gasteiger partial charge in [0.25, 0.3) is 11.8 Å². The third-order valence-corrected chi connectivity index (χ3v) is 4.49. The van der Waals surface area contributed by atoms with E-state index in [-0.39, 0.29) is 6.61 Å². The van der Waals surface area contributed by atoms with Gasteiger partial charge in [0.2, 0.25) is 0 Å². The number of rotatable bonds is 8. The molecule has 0 saturated carbocycles. The predicted octanol–water partition coefficient (Wildman–Crippen LogP) is 3.61. The lowest BCUT2D eigenvalue weighted by molar-refractivity contribution is -0.128. The summed E-state index contributed by atoms with van der Waals surface area (Å²) in [5.41, 5.74) is 7.51. The van der Waals surface area contributed by atoms with Gasteiger partial charge in [-0.1, -0.05) is 48.5 Å². The van der Waals surface area contributed by atoms with Crippen molar-refractivity contribution in [1.82, 2.24) is 10.9 Å². The van der Waals surface area contributed by atoms with Gasteiger partial charge in [-0.25, -0.2) is 0 Å². The highest BCUT2D eigenvalue weighted by molar-refractivity contribution is 5.93. The monoisotopic (exact) mass is 432 g/mol. The summed E-state index contributed by atoms with van der Waals surface area (Å²) >= 11 is 0. The Morgan fingerprint density at radius 3 is 2.19 bits per heavy atom. The van der Waals surface area contributed by atoms with Crippen LogP contribution in [-0.2, 0) is 9.59 Å². The van der Waals surface area contributed by atoms with Crippen molar-refractivity contribution in [3.8, 4) is 28.4 Å². The first-order chi connectivity index (χ1) is 15.6. The highest BCUT2D eigenvalue weighted by atomic mass is 16.5. The fraction of sp³-hybridized carbons (Fsp3) is 0.120. The molecule has 0 atom stereocenters. The second kappa shape index (κ2) is 11.2. The lowest BCUT2D eigenvalue weighted by atomic mass is 10.1. The number of methoxy groups -OCH3 is 2. The summed E-state index contributed by atoms with van der Waals surface area (Å²) in [5, 5.41) is 0. The van der Waals surface area contributed by atoms with E-state index in [4.69, 9.17) is 14.2 Å². The molecule has 0 aliphatic rings. The first-order valence-corrected chi connectivity index (χ1v) is 9.86. The van der Waals surface area contributed by atoms with E-state index in [0.717, 1.165) is 16.7 Å². The van der Waals surface area contributed by atoms with E-state index in [1.54, 1.807) is 43.5 Å².